The molecule has 0 unspecified atom stereocenters. The van der Waals surface area contributed by atoms with Gasteiger partial charge >= 0.3 is 24.1 Å². The summed E-state index contributed by atoms with van der Waals surface area (Å²) < 4.78 is 20.3. The molecule has 2 saturated heterocycles. The SMILES string of the molecule is CC(C)(C)OC(=O)N1CCC[C@H](N)C1.COC(=O)c1ccc2c(-c3nc(Cl)ncc3C)c[nH]c2c1.COC(=O)c1ccc2c(-c3nc(N[C@H]4CCCN(C(=O)OC(C)(C)C)C4)ncc3C)c[nH]c2c1.S.S. The van der Waals surface area contributed by atoms with E-state index in [1.54, 1.807) is 46.5 Å². The number of aromatic nitrogens is 6. The van der Waals surface area contributed by atoms with Crippen LogP contribution in [0.15, 0.2) is 61.2 Å². The molecule has 2 atom stereocenters. The van der Waals surface area contributed by atoms with E-state index in [4.69, 9.17) is 41.3 Å². The zero-order chi connectivity index (χ0) is 50.2. The van der Waals surface area contributed by atoms with Crippen LogP contribution in [0.1, 0.15) is 99.1 Å². The van der Waals surface area contributed by atoms with Gasteiger partial charge in [0.25, 0.3) is 0 Å². The summed E-state index contributed by atoms with van der Waals surface area (Å²) in [6, 6.07) is 10.9. The summed E-state index contributed by atoms with van der Waals surface area (Å²) in [7, 11) is 2.73. The number of amides is 2. The summed E-state index contributed by atoms with van der Waals surface area (Å²) >= 11 is 5.88. The van der Waals surface area contributed by atoms with Gasteiger partial charge in [0.05, 0.1) is 36.7 Å². The number of ether oxygens (including phenoxy) is 4. The molecule has 0 spiro atoms. The minimum Gasteiger partial charge on any atom is -0.465 e. The van der Waals surface area contributed by atoms with Gasteiger partial charge in [-0.25, -0.2) is 39.1 Å². The first-order valence-electron chi connectivity index (χ1n) is 22.8. The van der Waals surface area contributed by atoms with E-state index in [0.29, 0.717) is 36.7 Å². The lowest BCUT2D eigenvalue weighted by Crippen LogP contribution is -2.47. The van der Waals surface area contributed by atoms with Crippen LogP contribution >= 0.6 is 38.6 Å². The molecule has 0 aliphatic carbocycles. The number of methoxy groups -OCH3 is 2. The first-order valence-corrected chi connectivity index (χ1v) is 23.2. The van der Waals surface area contributed by atoms with Crippen LogP contribution < -0.4 is 11.1 Å². The Balaban J connectivity index is 0.000000252. The number of likely N-dealkylation sites (tertiary alicyclic amines) is 2. The van der Waals surface area contributed by atoms with Crippen molar-refractivity contribution < 1.29 is 38.1 Å². The highest BCUT2D eigenvalue weighted by molar-refractivity contribution is 7.59. The third-order valence-corrected chi connectivity index (χ3v) is 11.3. The summed E-state index contributed by atoms with van der Waals surface area (Å²) in [6.07, 6.45) is 10.4. The molecule has 2 fully saturated rings. The fraction of sp³-hybridized carbons (Fsp3) is 0.440. The monoisotopic (exact) mass is 1030 g/mol. The van der Waals surface area contributed by atoms with E-state index < -0.39 is 11.2 Å². The van der Waals surface area contributed by atoms with Crippen LogP contribution in [0.25, 0.3) is 44.3 Å². The number of carbonyl (C=O) groups excluding carboxylic acids is 4. The predicted molar refractivity (Wildman–Crippen MR) is 286 cm³/mol. The van der Waals surface area contributed by atoms with Gasteiger partial charge < -0.3 is 49.8 Å². The maximum absolute atomic E-state index is 12.5. The van der Waals surface area contributed by atoms with Crippen molar-refractivity contribution in [2.75, 3.05) is 45.7 Å². The van der Waals surface area contributed by atoms with Crippen LogP contribution in [0.3, 0.4) is 0 Å². The summed E-state index contributed by atoms with van der Waals surface area (Å²) in [4.78, 5) is 74.8. The Bertz CT molecular complexity index is 2810. The van der Waals surface area contributed by atoms with E-state index in [1.165, 1.54) is 14.2 Å². The molecule has 2 aromatic carbocycles. The topological polar surface area (TPSA) is 233 Å². The molecular formula is C50H67ClN10O8S2. The number of hydrogen-bond acceptors (Lipinski definition) is 14. The molecule has 5 N–H and O–H groups in total. The van der Waals surface area contributed by atoms with Crippen molar-refractivity contribution in [3.8, 4) is 22.5 Å². The molecule has 384 valence electrons. The molecule has 0 radical (unpaired) electrons. The van der Waals surface area contributed by atoms with Crippen LogP contribution in [-0.2, 0) is 18.9 Å². The van der Waals surface area contributed by atoms with Gasteiger partial charge in [-0.3, -0.25) is 0 Å². The average molecular weight is 1040 g/mol. The molecule has 6 heterocycles. The molecular weight excluding hydrogens is 968 g/mol. The smallest absolute Gasteiger partial charge is 0.410 e. The first-order chi connectivity index (χ1) is 32.6. The standard InChI is InChI=1S/C25H31N5O4.C15H12ClN3O2.C10H20N2O2.2H2S/c1-15-12-27-23(28-17-7-6-10-30(14-17)24(32)34-25(2,3)4)29-21(15)19-13-26-20-11-16(22(31)33-5)8-9-18(19)20;1-8-6-18-15(16)19-13(8)11-7-17-12-5-9(14(20)21-2)3-4-10(11)12;1-10(2,3)14-9(13)12-6-4-5-8(11)7-12;;/h8-9,11-13,17,26H,6-7,10,14H2,1-5H3,(H,27,28,29);3-7,17H,1-2H3;8H,4-7,11H2,1-3H3;2*1H2/t17-;;8-;;/m0.0../s1. The molecule has 71 heavy (non-hydrogen) atoms. The molecule has 4 aromatic heterocycles. The number of esters is 2. The minimum absolute atomic E-state index is 0. The average Bonchev–Trinajstić information content (AvgIpc) is 3.93. The van der Waals surface area contributed by atoms with Crippen LogP contribution in [0.2, 0.25) is 5.28 Å². The lowest BCUT2D eigenvalue weighted by atomic mass is 10.1. The van der Waals surface area contributed by atoms with Gasteiger partial charge in [0.2, 0.25) is 11.2 Å². The van der Waals surface area contributed by atoms with Gasteiger partial charge in [0.1, 0.15) is 11.2 Å². The van der Waals surface area contributed by atoms with E-state index in [1.807, 2.05) is 79.9 Å². The number of nitrogens with two attached hydrogens (primary N) is 1. The second kappa shape index (κ2) is 24.8. The number of nitrogens with one attached hydrogen (secondary N) is 3. The highest BCUT2D eigenvalue weighted by Gasteiger charge is 2.29. The molecule has 2 amide bonds. The lowest BCUT2D eigenvalue weighted by molar-refractivity contribution is 0.0193. The second-order valence-electron chi connectivity index (χ2n) is 19.0. The van der Waals surface area contributed by atoms with Gasteiger partial charge in [-0.1, -0.05) is 12.1 Å². The summed E-state index contributed by atoms with van der Waals surface area (Å²) in [5.74, 6) is -0.234. The van der Waals surface area contributed by atoms with Crippen molar-refractivity contribution >= 4 is 90.5 Å². The Morgan fingerprint density at radius 2 is 1.17 bits per heavy atom. The highest BCUT2D eigenvalue weighted by atomic mass is 35.5. The number of aromatic amines is 2. The number of H-pyrrole nitrogens is 2. The van der Waals surface area contributed by atoms with Crippen molar-refractivity contribution in [3.63, 3.8) is 0 Å². The minimum atomic E-state index is -0.524. The Morgan fingerprint density at radius 1 is 0.704 bits per heavy atom. The number of hydrogen-bond donors (Lipinski definition) is 4. The normalized spacial score (nSPS) is 15.7. The number of carbonyl (C=O) groups is 4. The molecule has 0 saturated carbocycles. The van der Waals surface area contributed by atoms with E-state index in [2.05, 4.69) is 30.2 Å². The molecule has 0 bridgehead atoms. The number of nitrogens with zero attached hydrogens (tertiary/aromatic N) is 6. The van der Waals surface area contributed by atoms with Crippen LogP contribution in [0.4, 0.5) is 15.5 Å². The number of benzene rings is 2. The fourth-order valence-electron chi connectivity index (χ4n) is 7.88. The van der Waals surface area contributed by atoms with Crippen molar-refractivity contribution in [2.24, 2.45) is 5.73 Å². The Morgan fingerprint density at radius 3 is 1.65 bits per heavy atom. The van der Waals surface area contributed by atoms with Crippen molar-refractivity contribution in [2.45, 2.75) is 104 Å². The van der Waals surface area contributed by atoms with Crippen molar-refractivity contribution in [1.82, 2.24) is 39.7 Å². The molecule has 18 nitrogen and oxygen atoms in total. The summed E-state index contributed by atoms with van der Waals surface area (Å²) in [6.45, 7) is 17.7. The van der Waals surface area contributed by atoms with Crippen molar-refractivity contribution in [1.29, 1.82) is 0 Å². The second-order valence-corrected chi connectivity index (χ2v) is 19.4. The Kier molecular flexibility index (Phi) is 20.1. The number of fused-ring (bicyclic) bond motifs is 2. The van der Waals surface area contributed by atoms with Gasteiger partial charge in [0, 0.05) is 96.0 Å². The maximum atomic E-state index is 12.5. The fourth-order valence-corrected chi connectivity index (χ4v) is 8.02. The molecule has 21 heteroatoms. The number of piperidine rings is 2. The van der Waals surface area contributed by atoms with Gasteiger partial charge in [-0.05, 0) is 128 Å². The molecule has 2 aliphatic rings. The Hall–Kier alpha value is -6.09. The predicted octanol–water partition coefficient (Wildman–Crippen LogP) is 9.47. The summed E-state index contributed by atoms with van der Waals surface area (Å²) in [5, 5.41) is 5.51. The third kappa shape index (κ3) is 15.5. The van der Waals surface area contributed by atoms with Crippen LogP contribution in [-0.4, -0.2) is 128 Å². The molecule has 2 aliphatic heterocycles. The number of anilines is 1. The maximum Gasteiger partial charge on any atom is 0.410 e. The first kappa shape index (κ1) is 57.5. The molecule has 6 aromatic rings. The quantitative estimate of drug-likeness (QED) is 0.0692. The number of halogens is 1. The zero-order valence-corrected chi connectivity index (χ0v) is 44.7. The van der Waals surface area contributed by atoms with Gasteiger partial charge in [-0.2, -0.15) is 27.0 Å². The third-order valence-electron chi connectivity index (χ3n) is 11.1. The Labute approximate surface area is 433 Å². The lowest BCUT2D eigenvalue weighted by Gasteiger charge is -2.34. The van der Waals surface area contributed by atoms with Gasteiger partial charge in [0.15, 0.2) is 0 Å². The van der Waals surface area contributed by atoms with Crippen LogP contribution in [0.5, 0.6) is 0 Å². The van der Waals surface area contributed by atoms with Crippen LogP contribution in [0, 0.1) is 13.8 Å². The van der Waals surface area contributed by atoms with E-state index in [-0.39, 0.29) is 68.5 Å². The van der Waals surface area contributed by atoms with E-state index in [0.717, 1.165) is 87.7 Å². The van der Waals surface area contributed by atoms with E-state index >= 15 is 0 Å². The zero-order valence-electron chi connectivity index (χ0n) is 42.0. The van der Waals surface area contributed by atoms with Gasteiger partial charge in [-0.15, -0.1) is 0 Å². The molecule has 8 rings (SSSR count). The van der Waals surface area contributed by atoms with E-state index in [9.17, 15) is 19.2 Å². The summed E-state index contributed by atoms with van der Waals surface area (Å²) in [5.41, 5.74) is 12.8. The number of rotatable bonds is 6. The largest absolute Gasteiger partial charge is 0.465 e. The number of aryl methyl sites for hydroxylation is 2. The highest BCUT2D eigenvalue weighted by Crippen LogP contribution is 2.32. The van der Waals surface area contributed by atoms with Crippen molar-refractivity contribution in [3.05, 3.63) is 88.7 Å².